The molecule has 0 saturated carbocycles. The molecule has 0 bridgehead atoms. The van der Waals surface area contributed by atoms with Crippen LogP contribution >= 0.6 is 0 Å². The standard InChI is InChI=1S/C10H13N/c1-5-10(6-8(2)3)9(4)7-11/h5-6,9H,1-2H2,3-4H3/b10-6+. The lowest BCUT2D eigenvalue weighted by Crippen LogP contribution is -1.92. The van der Waals surface area contributed by atoms with E-state index in [2.05, 4.69) is 19.2 Å². The average Bonchev–Trinajstić information content (AvgIpc) is 1.98. The van der Waals surface area contributed by atoms with Crippen molar-refractivity contribution in [2.75, 3.05) is 0 Å². The Labute approximate surface area is 68.3 Å². The van der Waals surface area contributed by atoms with Crippen molar-refractivity contribution in [2.24, 2.45) is 5.92 Å². The fourth-order valence-electron chi connectivity index (χ4n) is 0.720. The summed E-state index contributed by atoms with van der Waals surface area (Å²) in [6.07, 6.45) is 3.57. The fraction of sp³-hybridized carbons (Fsp3) is 0.300. The lowest BCUT2D eigenvalue weighted by atomic mass is 10.0. The largest absolute Gasteiger partial charge is 0.198 e. The van der Waals surface area contributed by atoms with Crippen molar-refractivity contribution in [2.45, 2.75) is 13.8 Å². The zero-order valence-electron chi connectivity index (χ0n) is 7.09. The number of nitriles is 1. The minimum absolute atomic E-state index is 0.0933. The Bertz CT molecular complexity index is 228. The van der Waals surface area contributed by atoms with Crippen LogP contribution in [0.15, 0.2) is 36.5 Å². The zero-order chi connectivity index (χ0) is 8.85. The predicted octanol–water partition coefficient (Wildman–Crippen LogP) is 2.83. The van der Waals surface area contributed by atoms with Gasteiger partial charge in [0.2, 0.25) is 0 Å². The molecule has 0 aliphatic heterocycles. The minimum Gasteiger partial charge on any atom is -0.198 e. The van der Waals surface area contributed by atoms with Gasteiger partial charge >= 0.3 is 0 Å². The third-order valence-corrected chi connectivity index (χ3v) is 1.34. The van der Waals surface area contributed by atoms with Crippen molar-refractivity contribution >= 4 is 0 Å². The van der Waals surface area contributed by atoms with E-state index in [1.807, 2.05) is 19.9 Å². The van der Waals surface area contributed by atoms with Crippen LogP contribution in [0.25, 0.3) is 0 Å². The van der Waals surface area contributed by atoms with Crippen molar-refractivity contribution in [1.82, 2.24) is 0 Å². The Hall–Kier alpha value is -1.29. The molecule has 58 valence electrons. The molecule has 0 radical (unpaired) electrons. The Balaban J connectivity index is 4.55. The van der Waals surface area contributed by atoms with Gasteiger partial charge in [-0.3, -0.25) is 0 Å². The third-order valence-electron chi connectivity index (χ3n) is 1.34. The second-order valence-corrected chi connectivity index (χ2v) is 2.55. The molecule has 1 unspecified atom stereocenters. The van der Waals surface area contributed by atoms with E-state index in [0.717, 1.165) is 11.1 Å². The Morgan fingerprint density at radius 2 is 2.18 bits per heavy atom. The first-order valence-electron chi connectivity index (χ1n) is 3.51. The lowest BCUT2D eigenvalue weighted by Gasteiger charge is -2.02. The maximum atomic E-state index is 8.58. The molecule has 0 aromatic carbocycles. The highest BCUT2D eigenvalue weighted by Crippen LogP contribution is 2.12. The molecule has 0 rings (SSSR count). The molecular formula is C10H13N. The van der Waals surface area contributed by atoms with Gasteiger partial charge in [0.25, 0.3) is 0 Å². The van der Waals surface area contributed by atoms with Crippen molar-refractivity contribution in [1.29, 1.82) is 5.26 Å². The summed E-state index contributed by atoms with van der Waals surface area (Å²) in [5.74, 6) is -0.0933. The molecule has 1 heteroatoms. The second kappa shape index (κ2) is 4.51. The number of hydrogen-bond donors (Lipinski definition) is 0. The van der Waals surface area contributed by atoms with Gasteiger partial charge in [0.1, 0.15) is 0 Å². The first-order chi connectivity index (χ1) is 5.11. The lowest BCUT2D eigenvalue weighted by molar-refractivity contribution is 0.907. The molecule has 11 heavy (non-hydrogen) atoms. The summed E-state index contributed by atoms with van der Waals surface area (Å²) in [4.78, 5) is 0. The number of hydrogen-bond acceptors (Lipinski definition) is 1. The van der Waals surface area contributed by atoms with E-state index < -0.39 is 0 Å². The molecule has 0 saturated heterocycles. The third kappa shape index (κ3) is 3.42. The monoisotopic (exact) mass is 147 g/mol. The van der Waals surface area contributed by atoms with E-state index in [9.17, 15) is 0 Å². The van der Waals surface area contributed by atoms with Gasteiger partial charge < -0.3 is 0 Å². The van der Waals surface area contributed by atoms with Crippen LogP contribution in [0.1, 0.15) is 13.8 Å². The van der Waals surface area contributed by atoms with Crippen LogP contribution in [-0.4, -0.2) is 0 Å². The highest BCUT2D eigenvalue weighted by molar-refractivity contribution is 5.30. The van der Waals surface area contributed by atoms with Gasteiger partial charge in [-0.05, 0) is 19.4 Å². The topological polar surface area (TPSA) is 23.8 Å². The van der Waals surface area contributed by atoms with Crippen molar-refractivity contribution in [3.63, 3.8) is 0 Å². The molecule has 1 atom stereocenters. The maximum absolute atomic E-state index is 8.58. The van der Waals surface area contributed by atoms with Crippen LogP contribution in [0, 0.1) is 17.2 Å². The van der Waals surface area contributed by atoms with Crippen molar-refractivity contribution in [3.05, 3.63) is 36.5 Å². The molecule has 0 spiro atoms. The van der Waals surface area contributed by atoms with Crippen molar-refractivity contribution < 1.29 is 0 Å². The first-order valence-corrected chi connectivity index (χ1v) is 3.51. The van der Waals surface area contributed by atoms with Crippen LogP contribution in [0.3, 0.4) is 0 Å². The molecule has 0 heterocycles. The van der Waals surface area contributed by atoms with Crippen molar-refractivity contribution in [3.8, 4) is 6.07 Å². The molecule has 0 aromatic rings. The smallest absolute Gasteiger partial charge is 0.0700 e. The van der Waals surface area contributed by atoms with Gasteiger partial charge in [0, 0.05) is 0 Å². The summed E-state index contributed by atoms with van der Waals surface area (Å²) < 4.78 is 0. The number of nitrogens with zero attached hydrogens (tertiary/aromatic N) is 1. The molecule has 0 amide bonds. The van der Waals surface area contributed by atoms with Gasteiger partial charge in [-0.2, -0.15) is 5.26 Å². The van der Waals surface area contributed by atoms with Gasteiger partial charge in [-0.1, -0.05) is 30.9 Å². The van der Waals surface area contributed by atoms with Crippen LogP contribution in [0.2, 0.25) is 0 Å². The highest BCUT2D eigenvalue weighted by Gasteiger charge is 2.01. The molecule has 0 fully saturated rings. The Morgan fingerprint density at radius 3 is 2.45 bits per heavy atom. The van der Waals surface area contributed by atoms with Gasteiger partial charge in [0.05, 0.1) is 12.0 Å². The van der Waals surface area contributed by atoms with Crippen LogP contribution in [-0.2, 0) is 0 Å². The Morgan fingerprint density at radius 1 is 1.64 bits per heavy atom. The predicted molar refractivity (Wildman–Crippen MR) is 47.9 cm³/mol. The maximum Gasteiger partial charge on any atom is 0.0700 e. The fourth-order valence-corrected chi connectivity index (χ4v) is 0.720. The van der Waals surface area contributed by atoms with Gasteiger partial charge in [0.15, 0.2) is 0 Å². The van der Waals surface area contributed by atoms with E-state index in [1.54, 1.807) is 6.08 Å². The van der Waals surface area contributed by atoms with Crippen LogP contribution < -0.4 is 0 Å². The van der Waals surface area contributed by atoms with Gasteiger partial charge in [-0.15, -0.1) is 0 Å². The number of allylic oxidation sites excluding steroid dienone is 4. The average molecular weight is 147 g/mol. The molecule has 1 nitrogen and oxygen atoms in total. The van der Waals surface area contributed by atoms with Crippen LogP contribution in [0.5, 0.6) is 0 Å². The highest BCUT2D eigenvalue weighted by atomic mass is 14.3. The normalized spacial score (nSPS) is 13.4. The van der Waals surface area contributed by atoms with E-state index in [4.69, 9.17) is 5.26 Å². The zero-order valence-corrected chi connectivity index (χ0v) is 7.09. The molecule has 0 aliphatic carbocycles. The van der Waals surface area contributed by atoms with E-state index in [1.165, 1.54) is 0 Å². The van der Waals surface area contributed by atoms with E-state index in [0.29, 0.717) is 0 Å². The SMILES string of the molecule is C=C/C(=C\C(=C)C)C(C)C#N. The molecule has 0 aromatic heterocycles. The quantitative estimate of drug-likeness (QED) is 0.563. The summed E-state index contributed by atoms with van der Waals surface area (Å²) in [6, 6.07) is 2.14. The van der Waals surface area contributed by atoms with Gasteiger partial charge in [-0.25, -0.2) is 0 Å². The van der Waals surface area contributed by atoms with E-state index >= 15 is 0 Å². The summed E-state index contributed by atoms with van der Waals surface area (Å²) >= 11 is 0. The minimum atomic E-state index is -0.0933. The summed E-state index contributed by atoms with van der Waals surface area (Å²) in [7, 11) is 0. The molecule has 0 aliphatic rings. The summed E-state index contributed by atoms with van der Waals surface area (Å²) in [5.41, 5.74) is 1.88. The van der Waals surface area contributed by atoms with Crippen LogP contribution in [0.4, 0.5) is 0 Å². The summed E-state index contributed by atoms with van der Waals surface area (Å²) in [5, 5.41) is 8.58. The number of rotatable bonds is 3. The Kier molecular flexibility index (Phi) is 3.98. The first kappa shape index (κ1) is 9.71. The van der Waals surface area contributed by atoms with E-state index in [-0.39, 0.29) is 5.92 Å². The molecular weight excluding hydrogens is 134 g/mol. The second-order valence-electron chi connectivity index (χ2n) is 2.55. The summed E-state index contributed by atoms with van der Waals surface area (Å²) in [6.45, 7) is 11.1. The molecule has 0 N–H and O–H groups in total.